The highest BCUT2D eigenvalue weighted by Gasteiger charge is 1.92. The zero-order valence-electron chi connectivity index (χ0n) is 12.4. The summed E-state index contributed by atoms with van der Waals surface area (Å²) in [6.07, 6.45) is 0.639. The molecule has 0 amide bonds. The van der Waals surface area contributed by atoms with Gasteiger partial charge in [0.05, 0.1) is 4.91 Å². The molecule has 0 bridgehead atoms. The predicted octanol–water partition coefficient (Wildman–Crippen LogP) is 3.05. The monoisotopic (exact) mass is 283 g/mol. The lowest BCUT2D eigenvalue weighted by Crippen LogP contribution is -1.98. The van der Waals surface area contributed by atoms with Crippen LogP contribution < -0.4 is 16.2 Å². The van der Waals surface area contributed by atoms with Crippen molar-refractivity contribution >= 4 is 23.9 Å². The second kappa shape index (κ2) is 13.0. The lowest BCUT2D eigenvalue weighted by Gasteiger charge is -1.98. The summed E-state index contributed by atoms with van der Waals surface area (Å²) in [5, 5.41) is 8.10. The molecule has 0 aliphatic heterocycles. The molecule has 1 aromatic carbocycles. The quantitative estimate of drug-likeness (QED) is 0.451. The number of nitrogens with one attached hydrogen (secondary N) is 1. The Labute approximate surface area is 120 Å². The van der Waals surface area contributed by atoms with E-state index < -0.39 is 0 Å². The van der Waals surface area contributed by atoms with Crippen LogP contribution in [-0.2, 0) is 4.79 Å². The number of allylic oxidation sites excluding steroid dienone is 2. The number of hydrogen-bond donors (Lipinski definition) is 3. The van der Waals surface area contributed by atoms with Gasteiger partial charge in [0, 0.05) is 18.4 Å². The molecule has 0 aromatic heterocycles. The van der Waals surface area contributed by atoms with Gasteiger partial charge in [-0.25, -0.2) is 0 Å². The Bertz CT molecular complexity index is 388. The average molecular weight is 283 g/mol. The number of benzene rings is 1. The van der Waals surface area contributed by atoms with Gasteiger partial charge in [-0.15, -0.1) is 0 Å². The number of aldehydes is 1. The van der Waals surface area contributed by atoms with Gasteiger partial charge in [0.1, 0.15) is 0 Å². The molecule has 0 fully saturated rings. The second-order valence-electron chi connectivity index (χ2n) is 3.40. The molecular weight excluding hydrogens is 258 g/mol. The Morgan fingerprint density at radius 2 is 1.95 bits per heavy atom. The van der Waals surface area contributed by atoms with E-state index in [1.165, 1.54) is 11.3 Å². The van der Waals surface area contributed by atoms with Gasteiger partial charge in [0.25, 0.3) is 0 Å². The van der Waals surface area contributed by atoms with Crippen LogP contribution in [0.2, 0.25) is 0 Å². The van der Waals surface area contributed by atoms with Crippen LogP contribution in [0.15, 0.2) is 34.9 Å². The Morgan fingerprint density at radius 1 is 1.37 bits per heavy atom. The highest BCUT2D eigenvalue weighted by atomic mass is 32.2. The fourth-order valence-corrected chi connectivity index (χ4v) is 1.26. The van der Waals surface area contributed by atoms with Crippen molar-refractivity contribution in [3.8, 4) is 0 Å². The number of carbonyl (C=O) groups is 1. The van der Waals surface area contributed by atoms with Gasteiger partial charge in [-0.3, -0.25) is 9.93 Å². The Morgan fingerprint density at radius 3 is 2.16 bits per heavy atom. The first-order chi connectivity index (χ1) is 9.04. The molecule has 0 unspecified atom stereocenters. The van der Waals surface area contributed by atoms with Gasteiger partial charge in [0.15, 0.2) is 6.29 Å². The van der Waals surface area contributed by atoms with Crippen molar-refractivity contribution in [2.24, 2.45) is 10.9 Å². The molecule has 0 atom stereocenters. The molecule has 5 heteroatoms. The van der Waals surface area contributed by atoms with E-state index in [-0.39, 0.29) is 0 Å². The van der Waals surface area contributed by atoms with Crippen LogP contribution in [0.1, 0.15) is 26.3 Å². The zero-order valence-corrected chi connectivity index (χ0v) is 13.2. The van der Waals surface area contributed by atoms with E-state index in [1.807, 2.05) is 33.0 Å². The van der Waals surface area contributed by atoms with E-state index in [0.29, 0.717) is 16.9 Å². The lowest BCUT2D eigenvalue weighted by molar-refractivity contribution is -0.104. The van der Waals surface area contributed by atoms with Crippen LogP contribution in [0, 0.1) is 6.92 Å². The van der Waals surface area contributed by atoms with Crippen LogP contribution in [0.4, 0.5) is 5.69 Å². The molecule has 108 valence electrons. The zero-order chi connectivity index (χ0) is 15.3. The van der Waals surface area contributed by atoms with E-state index in [0.717, 1.165) is 11.9 Å². The van der Waals surface area contributed by atoms with Crippen LogP contribution in [0.3, 0.4) is 0 Å². The van der Waals surface area contributed by atoms with Gasteiger partial charge in [-0.1, -0.05) is 26.0 Å². The van der Waals surface area contributed by atoms with E-state index in [9.17, 15) is 4.79 Å². The molecular formula is C14H25N3OS. The summed E-state index contributed by atoms with van der Waals surface area (Å²) >= 11 is 0.865. The SMILES string of the molecule is C/C(N)=C(\C=O)SN.CC.CNc1cccc(C)c1. The minimum Gasteiger partial charge on any atom is -0.401 e. The Hall–Kier alpha value is -1.46. The fraction of sp³-hybridized carbons (Fsp3) is 0.357. The number of hydrogen-bond acceptors (Lipinski definition) is 5. The maximum absolute atomic E-state index is 9.94. The molecule has 0 heterocycles. The van der Waals surface area contributed by atoms with Crippen molar-refractivity contribution < 1.29 is 4.79 Å². The van der Waals surface area contributed by atoms with Gasteiger partial charge in [0.2, 0.25) is 0 Å². The number of rotatable bonds is 3. The molecule has 0 spiro atoms. The summed E-state index contributed by atoms with van der Waals surface area (Å²) in [5.74, 6) is 0. The van der Waals surface area contributed by atoms with E-state index in [4.69, 9.17) is 10.9 Å². The summed E-state index contributed by atoms with van der Waals surface area (Å²) in [5.41, 5.74) is 8.14. The van der Waals surface area contributed by atoms with Crippen molar-refractivity contribution in [2.75, 3.05) is 12.4 Å². The minimum atomic E-state index is 0.394. The highest BCUT2D eigenvalue weighted by Crippen LogP contribution is 2.07. The summed E-state index contributed by atoms with van der Waals surface area (Å²) in [7, 11) is 1.93. The number of aryl methyl sites for hydroxylation is 1. The molecule has 1 aromatic rings. The first kappa shape index (κ1) is 19.9. The van der Waals surface area contributed by atoms with Gasteiger partial charge in [-0.05, 0) is 43.5 Å². The molecule has 4 nitrogen and oxygen atoms in total. The topological polar surface area (TPSA) is 81.1 Å². The predicted molar refractivity (Wildman–Crippen MR) is 86.8 cm³/mol. The second-order valence-corrected chi connectivity index (χ2v) is 4.08. The molecule has 5 N–H and O–H groups in total. The maximum atomic E-state index is 9.94. The van der Waals surface area contributed by atoms with Crippen molar-refractivity contribution in [3.05, 3.63) is 40.4 Å². The molecule has 0 saturated carbocycles. The van der Waals surface area contributed by atoms with E-state index >= 15 is 0 Å². The number of anilines is 1. The first-order valence-electron chi connectivity index (χ1n) is 6.07. The summed E-state index contributed by atoms with van der Waals surface area (Å²) in [4.78, 5) is 10.3. The van der Waals surface area contributed by atoms with Crippen LogP contribution in [0.5, 0.6) is 0 Å². The average Bonchev–Trinajstić information content (AvgIpc) is 2.42. The van der Waals surface area contributed by atoms with Gasteiger partial charge >= 0.3 is 0 Å². The summed E-state index contributed by atoms with van der Waals surface area (Å²) in [6.45, 7) is 7.71. The molecule has 0 radical (unpaired) electrons. The largest absolute Gasteiger partial charge is 0.401 e. The first-order valence-corrected chi connectivity index (χ1v) is 6.95. The molecule has 0 aliphatic carbocycles. The standard InChI is InChI=1S/C8H11N.C4H8N2OS.C2H6/c1-7-4-3-5-8(6-7)9-2;1-3(5)4(2-7)8-6;1-2/h3-6,9H,1-2H3;2H,5-6H2,1H3;1-2H3/b;4-3-;. The van der Waals surface area contributed by atoms with E-state index in [2.05, 4.69) is 24.4 Å². The smallest absolute Gasteiger partial charge is 0.159 e. The number of nitrogens with two attached hydrogens (primary N) is 2. The van der Waals surface area contributed by atoms with Crippen LogP contribution in [0.25, 0.3) is 0 Å². The van der Waals surface area contributed by atoms with Gasteiger partial charge in [-0.2, -0.15) is 0 Å². The maximum Gasteiger partial charge on any atom is 0.159 e. The van der Waals surface area contributed by atoms with E-state index in [1.54, 1.807) is 6.92 Å². The third kappa shape index (κ3) is 10.2. The van der Waals surface area contributed by atoms with Crippen LogP contribution in [-0.4, -0.2) is 13.3 Å². The van der Waals surface area contributed by atoms with Crippen molar-refractivity contribution in [1.29, 1.82) is 0 Å². The fourth-order valence-electron chi connectivity index (χ4n) is 1.01. The molecule has 19 heavy (non-hydrogen) atoms. The normalized spacial score (nSPS) is 10.0. The molecule has 1 rings (SSSR count). The highest BCUT2D eigenvalue weighted by molar-refractivity contribution is 8.01. The third-order valence-corrected chi connectivity index (χ3v) is 2.60. The third-order valence-electron chi connectivity index (χ3n) is 1.93. The van der Waals surface area contributed by atoms with Crippen molar-refractivity contribution in [1.82, 2.24) is 0 Å². The Kier molecular flexibility index (Phi) is 13.6. The molecule has 0 aliphatic rings. The van der Waals surface area contributed by atoms with Crippen LogP contribution >= 0.6 is 11.9 Å². The Balaban J connectivity index is 0. The lowest BCUT2D eigenvalue weighted by atomic mass is 10.2. The molecule has 0 saturated heterocycles. The summed E-state index contributed by atoms with van der Waals surface area (Å²) in [6, 6.07) is 8.29. The van der Waals surface area contributed by atoms with Crippen molar-refractivity contribution in [2.45, 2.75) is 27.7 Å². The van der Waals surface area contributed by atoms with Crippen molar-refractivity contribution in [3.63, 3.8) is 0 Å². The minimum absolute atomic E-state index is 0.394. The number of carbonyl (C=O) groups excluding carboxylic acids is 1. The van der Waals surface area contributed by atoms with Gasteiger partial charge < -0.3 is 11.1 Å². The summed E-state index contributed by atoms with van der Waals surface area (Å²) < 4.78 is 0.